The Hall–Kier alpha value is -4.06. The number of phenolic OH excluding ortho intramolecular Hbond substituents is 4. The number of aromatic hydroxyl groups is 4. The molecule has 0 bridgehead atoms. The molecular weight excluding hydrogens is 404 g/mol. The van der Waals surface area contributed by atoms with E-state index in [-0.39, 0.29) is 23.0 Å². The zero-order valence-electron chi connectivity index (χ0n) is 17.9. The van der Waals surface area contributed by atoms with Crippen LogP contribution in [0.15, 0.2) is 58.5 Å². The highest BCUT2D eigenvalue weighted by atomic mass is 16.3. The van der Waals surface area contributed by atoms with Gasteiger partial charge in [0.25, 0.3) is 0 Å². The third kappa shape index (κ3) is 3.60. The zero-order valence-corrected chi connectivity index (χ0v) is 17.9. The van der Waals surface area contributed by atoms with Crippen LogP contribution in [0.4, 0.5) is 11.4 Å². The van der Waals surface area contributed by atoms with Crippen molar-refractivity contribution in [2.75, 3.05) is 0 Å². The Balaban J connectivity index is 1.52. The van der Waals surface area contributed by atoms with Crippen molar-refractivity contribution in [1.82, 2.24) is 0 Å². The number of hydrogen-bond acceptors (Lipinski definition) is 6. The van der Waals surface area contributed by atoms with Gasteiger partial charge in [0.15, 0.2) is 0 Å². The van der Waals surface area contributed by atoms with Gasteiger partial charge in [-0.25, -0.2) is 0 Å². The van der Waals surface area contributed by atoms with Gasteiger partial charge in [-0.2, -0.15) is 0 Å². The maximum absolute atomic E-state index is 10.6. The second-order valence-corrected chi connectivity index (χ2v) is 7.63. The normalized spacial score (nSPS) is 11.9. The Labute approximate surface area is 185 Å². The quantitative estimate of drug-likeness (QED) is 0.170. The summed E-state index contributed by atoms with van der Waals surface area (Å²) in [5.74, 6) is 0.282. The summed E-state index contributed by atoms with van der Waals surface area (Å²) in [5, 5.41) is 44.3. The number of hydrogen-bond donors (Lipinski definition) is 4. The van der Waals surface area contributed by atoms with Crippen molar-refractivity contribution >= 4 is 45.3 Å². The van der Waals surface area contributed by atoms with Crippen LogP contribution in [0, 0.1) is 13.8 Å². The van der Waals surface area contributed by atoms with Crippen LogP contribution in [-0.4, -0.2) is 32.9 Å². The van der Waals surface area contributed by atoms with E-state index in [4.69, 9.17) is 0 Å². The van der Waals surface area contributed by atoms with Crippen LogP contribution in [0.2, 0.25) is 0 Å². The lowest BCUT2D eigenvalue weighted by Gasteiger charge is -2.11. The molecule has 0 fully saturated rings. The molecule has 0 aromatic heterocycles. The van der Waals surface area contributed by atoms with E-state index < -0.39 is 0 Å². The summed E-state index contributed by atoms with van der Waals surface area (Å²) in [6, 6.07) is 14.2. The van der Waals surface area contributed by atoms with Crippen LogP contribution >= 0.6 is 0 Å². The summed E-state index contributed by atoms with van der Waals surface area (Å²) in [7, 11) is 0. The predicted octanol–water partition coefficient (Wildman–Crippen LogP) is 6.32. The van der Waals surface area contributed by atoms with Crippen molar-refractivity contribution in [3.05, 3.63) is 59.7 Å². The van der Waals surface area contributed by atoms with E-state index in [1.165, 1.54) is 0 Å². The standard InChI is InChI=1S/C26H24N2O4/c1-15-21(25(31)19-11-5-3-9-17(19)23(15)29)27-13-7-8-14-28-22-16(2)24(30)18-10-4-6-12-20(18)26(22)32/h3-6,9-14,29-32H,7-8H2,1-2H3. The third-order valence-corrected chi connectivity index (χ3v) is 5.61. The van der Waals surface area contributed by atoms with Gasteiger partial charge in [0.1, 0.15) is 34.4 Å². The lowest BCUT2D eigenvalue weighted by molar-refractivity contribution is 0.467. The summed E-state index contributed by atoms with van der Waals surface area (Å²) in [6.07, 6.45) is 4.39. The van der Waals surface area contributed by atoms with E-state index in [9.17, 15) is 20.4 Å². The molecule has 0 aliphatic heterocycles. The van der Waals surface area contributed by atoms with Gasteiger partial charge in [0, 0.05) is 45.1 Å². The molecule has 0 aliphatic carbocycles. The van der Waals surface area contributed by atoms with E-state index in [1.54, 1.807) is 74.8 Å². The molecule has 6 nitrogen and oxygen atoms in total. The maximum Gasteiger partial charge on any atom is 0.149 e. The first-order chi connectivity index (χ1) is 15.4. The first-order valence-electron chi connectivity index (χ1n) is 10.3. The number of phenols is 4. The van der Waals surface area contributed by atoms with Gasteiger partial charge < -0.3 is 20.4 Å². The molecule has 0 amide bonds. The molecule has 0 unspecified atom stereocenters. The summed E-state index contributed by atoms with van der Waals surface area (Å²) < 4.78 is 0. The molecule has 0 aliphatic rings. The van der Waals surface area contributed by atoms with Gasteiger partial charge in [0.05, 0.1) is 0 Å². The number of aliphatic imine (C=N–C) groups is 2. The Kier molecular flexibility index (Phi) is 5.69. The molecule has 4 rings (SSSR count). The van der Waals surface area contributed by atoms with Crippen molar-refractivity contribution in [3.63, 3.8) is 0 Å². The lowest BCUT2D eigenvalue weighted by Crippen LogP contribution is -1.86. The van der Waals surface area contributed by atoms with Crippen molar-refractivity contribution < 1.29 is 20.4 Å². The number of benzene rings is 4. The van der Waals surface area contributed by atoms with Crippen LogP contribution < -0.4 is 0 Å². The van der Waals surface area contributed by atoms with Crippen molar-refractivity contribution in [2.24, 2.45) is 9.98 Å². The SMILES string of the molecule is Cc1c(N=CCCC=Nc2c(C)c(O)c3ccccc3c2O)c(O)c2ccccc2c1O. The van der Waals surface area contributed by atoms with Gasteiger partial charge in [-0.3, -0.25) is 9.98 Å². The number of nitrogens with zero attached hydrogens (tertiary/aromatic N) is 2. The van der Waals surface area contributed by atoms with Crippen LogP contribution in [0.25, 0.3) is 21.5 Å². The topological polar surface area (TPSA) is 106 Å². The lowest BCUT2D eigenvalue weighted by atomic mass is 10.0. The average molecular weight is 428 g/mol. The van der Waals surface area contributed by atoms with Gasteiger partial charge in [-0.15, -0.1) is 0 Å². The van der Waals surface area contributed by atoms with Gasteiger partial charge in [-0.1, -0.05) is 48.5 Å². The van der Waals surface area contributed by atoms with Crippen LogP contribution in [-0.2, 0) is 0 Å². The molecule has 0 saturated heterocycles. The van der Waals surface area contributed by atoms with E-state index in [1.807, 2.05) is 0 Å². The molecule has 4 aromatic carbocycles. The minimum Gasteiger partial charge on any atom is -0.507 e. The van der Waals surface area contributed by atoms with E-state index in [2.05, 4.69) is 9.98 Å². The summed E-state index contributed by atoms with van der Waals surface area (Å²) in [5.41, 5.74) is 1.70. The molecule has 4 aromatic rings. The Bertz CT molecular complexity index is 1280. The van der Waals surface area contributed by atoms with Crippen LogP contribution in [0.3, 0.4) is 0 Å². The largest absolute Gasteiger partial charge is 0.507 e. The highest BCUT2D eigenvalue weighted by molar-refractivity contribution is 6.00. The summed E-state index contributed by atoms with van der Waals surface area (Å²) >= 11 is 0. The summed E-state index contributed by atoms with van der Waals surface area (Å²) in [6.45, 7) is 3.43. The monoisotopic (exact) mass is 428 g/mol. The molecule has 0 spiro atoms. The summed E-state index contributed by atoms with van der Waals surface area (Å²) in [4.78, 5) is 8.73. The maximum atomic E-state index is 10.6. The number of unbranched alkanes of at least 4 members (excludes halogenated alkanes) is 1. The smallest absolute Gasteiger partial charge is 0.149 e. The Morgan fingerprint density at radius 3 is 1.22 bits per heavy atom. The highest BCUT2D eigenvalue weighted by Gasteiger charge is 2.15. The fourth-order valence-corrected chi connectivity index (χ4v) is 3.81. The zero-order chi connectivity index (χ0) is 22.8. The number of fused-ring (bicyclic) bond motifs is 2. The van der Waals surface area contributed by atoms with Crippen molar-refractivity contribution in [3.8, 4) is 23.0 Å². The molecular formula is C26H24N2O4. The van der Waals surface area contributed by atoms with Crippen LogP contribution in [0.5, 0.6) is 23.0 Å². The predicted molar refractivity (Wildman–Crippen MR) is 130 cm³/mol. The molecule has 162 valence electrons. The van der Waals surface area contributed by atoms with Crippen molar-refractivity contribution in [1.29, 1.82) is 0 Å². The first-order valence-corrected chi connectivity index (χ1v) is 10.3. The van der Waals surface area contributed by atoms with Gasteiger partial charge in [-0.05, 0) is 26.7 Å². The fraction of sp³-hybridized carbons (Fsp3) is 0.154. The molecule has 32 heavy (non-hydrogen) atoms. The Morgan fingerprint density at radius 2 is 0.875 bits per heavy atom. The fourth-order valence-electron chi connectivity index (χ4n) is 3.81. The number of rotatable bonds is 5. The molecule has 6 heteroatoms. The van der Waals surface area contributed by atoms with E-state index in [0.717, 1.165) is 0 Å². The highest BCUT2D eigenvalue weighted by Crippen LogP contribution is 2.45. The van der Waals surface area contributed by atoms with E-state index >= 15 is 0 Å². The first kappa shape index (κ1) is 21.2. The van der Waals surface area contributed by atoms with Gasteiger partial charge in [0.2, 0.25) is 0 Å². The second kappa shape index (κ2) is 8.59. The van der Waals surface area contributed by atoms with Crippen molar-refractivity contribution in [2.45, 2.75) is 26.7 Å². The average Bonchev–Trinajstić information content (AvgIpc) is 2.82. The van der Waals surface area contributed by atoms with Gasteiger partial charge >= 0.3 is 0 Å². The molecule has 0 radical (unpaired) electrons. The Morgan fingerprint density at radius 1 is 0.562 bits per heavy atom. The second-order valence-electron chi connectivity index (χ2n) is 7.63. The molecule has 0 atom stereocenters. The third-order valence-electron chi connectivity index (χ3n) is 5.61. The molecule has 0 heterocycles. The molecule has 4 N–H and O–H groups in total. The van der Waals surface area contributed by atoms with Crippen LogP contribution in [0.1, 0.15) is 24.0 Å². The molecule has 0 saturated carbocycles. The minimum absolute atomic E-state index is 0.0352. The van der Waals surface area contributed by atoms with E-state index in [0.29, 0.717) is 56.9 Å². The minimum atomic E-state index is 0.0352.